The number of furan rings is 1. The van der Waals surface area contributed by atoms with Crippen molar-refractivity contribution < 1.29 is 18.3 Å². The number of rotatable bonds is 7. The van der Waals surface area contributed by atoms with Crippen LogP contribution in [0, 0.1) is 5.82 Å². The molecule has 0 saturated carbocycles. The predicted octanol–water partition coefficient (Wildman–Crippen LogP) is 6.42. The van der Waals surface area contributed by atoms with Gasteiger partial charge in [0.25, 0.3) is 5.56 Å². The molecule has 4 aromatic carbocycles. The van der Waals surface area contributed by atoms with Crippen molar-refractivity contribution in [3.05, 3.63) is 124 Å². The van der Waals surface area contributed by atoms with Crippen molar-refractivity contribution in [3.8, 4) is 23.1 Å². The van der Waals surface area contributed by atoms with Gasteiger partial charge in [-0.2, -0.15) is 9.78 Å². The second-order valence-corrected chi connectivity index (χ2v) is 8.75. The third-order valence-electron chi connectivity index (χ3n) is 6.25. The molecule has 7 nitrogen and oxygen atoms in total. The average Bonchev–Trinajstić information content (AvgIpc) is 3.41. The molecule has 0 bridgehead atoms. The summed E-state index contributed by atoms with van der Waals surface area (Å²) in [5.41, 5.74) is 1.92. The zero-order chi connectivity index (χ0) is 26.8. The number of hydrogen-bond donors (Lipinski definition) is 0. The van der Waals surface area contributed by atoms with Crippen LogP contribution >= 0.6 is 0 Å². The van der Waals surface area contributed by atoms with E-state index in [1.807, 2.05) is 30.3 Å². The Hall–Kier alpha value is -5.24. The largest absolute Gasteiger partial charge is 0.496 e. The van der Waals surface area contributed by atoms with Crippen LogP contribution in [0.25, 0.3) is 33.5 Å². The van der Waals surface area contributed by atoms with Crippen LogP contribution in [0.5, 0.6) is 11.5 Å². The quantitative estimate of drug-likeness (QED) is 0.228. The molecule has 6 aromatic rings. The first-order chi connectivity index (χ1) is 19.1. The van der Waals surface area contributed by atoms with Gasteiger partial charge >= 0.3 is 0 Å². The van der Waals surface area contributed by atoms with Gasteiger partial charge in [-0.1, -0.05) is 48.5 Å². The number of para-hydroxylation sites is 1. The van der Waals surface area contributed by atoms with Gasteiger partial charge in [0, 0.05) is 5.56 Å². The molecule has 0 N–H and O–H groups in total. The minimum absolute atomic E-state index is 0.0843. The highest BCUT2D eigenvalue weighted by atomic mass is 19.1. The zero-order valence-corrected chi connectivity index (χ0v) is 20.9. The van der Waals surface area contributed by atoms with Gasteiger partial charge in [0.05, 0.1) is 29.6 Å². The molecule has 0 atom stereocenters. The molecular formula is C31H22FN3O4. The molecule has 39 heavy (non-hydrogen) atoms. The van der Waals surface area contributed by atoms with Gasteiger partial charge in [-0.3, -0.25) is 4.79 Å². The number of ether oxygens (including phenoxy) is 2. The number of nitrogens with zero attached hydrogens (tertiary/aromatic N) is 3. The lowest BCUT2D eigenvalue weighted by molar-refractivity contribution is 0.300. The molecule has 0 aliphatic heterocycles. The number of benzene rings is 4. The van der Waals surface area contributed by atoms with E-state index in [2.05, 4.69) is 5.10 Å². The van der Waals surface area contributed by atoms with Gasteiger partial charge in [0.1, 0.15) is 29.5 Å². The van der Waals surface area contributed by atoms with Crippen molar-refractivity contribution in [1.82, 2.24) is 9.66 Å². The molecule has 6 rings (SSSR count). The van der Waals surface area contributed by atoms with Gasteiger partial charge in [-0.15, -0.1) is 0 Å². The van der Waals surface area contributed by atoms with Crippen molar-refractivity contribution in [2.75, 3.05) is 7.11 Å². The summed E-state index contributed by atoms with van der Waals surface area (Å²) >= 11 is 0. The fraction of sp³-hybridized carbons (Fsp3) is 0.0645. The molecule has 0 unspecified atom stereocenters. The van der Waals surface area contributed by atoms with E-state index in [4.69, 9.17) is 18.9 Å². The van der Waals surface area contributed by atoms with Gasteiger partial charge in [0.2, 0.25) is 5.82 Å². The van der Waals surface area contributed by atoms with Crippen LogP contribution in [0.1, 0.15) is 11.1 Å². The number of methoxy groups -OCH3 is 1. The first-order valence-electron chi connectivity index (χ1n) is 12.2. The molecule has 0 amide bonds. The Morgan fingerprint density at radius 1 is 0.949 bits per heavy atom. The van der Waals surface area contributed by atoms with Crippen molar-refractivity contribution >= 4 is 28.1 Å². The van der Waals surface area contributed by atoms with Crippen LogP contribution in [0.2, 0.25) is 0 Å². The third kappa shape index (κ3) is 4.75. The molecule has 2 aromatic heterocycles. The number of fused-ring (bicyclic) bond motifs is 2. The highest BCUT2D eigenvalue weighted by Crippen LogP contribution is 2.32. The van der Waals surface area contributed by atoms with Crippen LogP contribution in [0.3, 0.4) is 0 Å². The highest BCUT2D eigenvalue weighted by Gasteiger charge is 2.18. The van der Waals surface area contributed by atoms with Gasteiger partial charge < -0.3 is 13.9 Å². The van der Waals surface area contributed by atoms with E-state index in [1.54, 1.807) is 74.0 Å². The lowest BCUT2D eigenvalue weighted by Gasteiger charge is -2.08. The zero-order valence-electron chi connectivity index (χ0n) is 20.9. The van der Waals surface area contributed by atoms with E-state index in [0.717, 1.165) is 5.39 Å². The lowest BCUT2D eigenvalue weighted by Crippen LogP contribution is -2.20. The Bertz CT molecular complexity index is 1910. The molecule has 2 heterocycles. The van der Waals surface area contributed by atoms with Crippen LogP contribution in [-0.2, 0) is 6.61 Å². The fourth-order valence-electron chi connectivity index (χ4n) is 4.30. The molecule has 192 valence electrons. The van der Waals surface area contributed by atoms with Crippen LogP contribution in [0.4, 0.5) is 4.39 Å². The number of hydrogen-bond acceptors (Lipinski definition) is 6. The van der Waals surface area contributed by atoms with E-state index in [0.29, 0.717) is 44.9 Å². The summed E-state index contributed by atoms with van der Waals surface area (Å²) in [5, 5.41) is 5.68. The number of halogens is 1. The molecular weight excluding hydrogens is 497 g/mol. The van der Waals surface area contributed by atoms with Crippen LogP contribution < -0.4 is 15.0 Å². The van der Waals surface area contributed by atoms with E-state index in [1.165, 1.54) is 10.7 Å². The summed E-state index contributed by atoms with van der Waals surface area (Å²) in [7, 11) is 1.59. The highest BCUT2D eigenvalue weighted by molar-refractivity contribution is 5.88. The Morgan fingerprint density at radius 3 is 2.64 bits per heavy atom. The monoisotopic (exact) mass is 519 g/mol. The second kappa shape index (κ2) is 10.3. The molecule has 0 radical (unpaired) electrons. The summed E-state index contributed by atoms with van der Waals surface area (Å²) in [5.74, 6) is 1.48. The van der Waals surface area contributed by atoms with Crippen LogP contribution in [-0.4, -0.2) is 23.0 Å². The van der Waals surface area contributed by atoms with Gasteiger partial charge in [-0.05, 0) is 54.1 Å². The van der Waals surface area contributed by atoms with E-state index in [9.17, 15) is 9.18 Å². The summed E-state index contributed by atoms with van der Waals surface area (Å²) in [6, 6.07) is 28.0. The van der Waals surface area contributed by atoms with E-state index in [-0.39, 0.29) is 23.8 Å². The summed E-state index contributed by atoms with van der Waals surface area (Å²) in [6.07, 6.45) is 1.54. The SMILES string of the molecule is COc1cccc2oc(-c3nc4ccccc4c(=O)n3N=Cc3cccc(OCc4ccccc4F)c3)cc12. The van der Waals surface area contributed by atoms with Crippen molar-refractivity contribution in [3.63, 3.8) is 0 Å². The Labute approximate surface area is 222 Å². The minimum atomic E-state index is -0.341. The fourth-order valence-corrected chi connectivity index (χ4v) is 4.30. The summed E-state index contributed by atoms with van der Waals surface area (Å²) < 4.78 is 32.5. The van der Waals surface area contributed by atoms with Crippen molar-refractivity contribution in [2.45, 2.75) is 6.61 Å². The molecule has 0 saturated heterocycles. The third-order valence-corrected chi connectivity index (χ3v) is 6.25. The Kier molecular flexibility index (Phi) is 6.34. The van der Waals surface area contributed by atoms with Crippen molar-refractivity contribution in [1.29, 1.82) is 0 Å². The van der Waals surface area contributed by atoms with Gasteiger partial charge in [-0.25, -0.2) is 9.37 Å². The average molecular weight is 520 g/mol. The van der Waals surface area contributed by atoms with Crippen molar-refractivity contribution in [2.24, 2.45) is 5.10 Å². The second-order valence-electron chi connectivity index (χ2n) is 8.75. The standard InChI is InChI=1S/C31H22FN3O4/c1-37-27-14-7-15-28-24(27)17-29(39-28)30-34-26-13-5-3-11-23(26)31(36)35(30)33-18-20-8-6-10-22(16-20)38-19-21-9-2-4-12-25(21)32/h2-18H,19H2,1H3. The predicted molar refractivity (Wildman–Crippen MR) is 148 cm³/mol. The molecule has 8 heteroatoms. The Morgan fingerprint density at radius 2 is 1.77 bits per heavy atom. The lowest BCUT2D eigenvalue weighted by atomic mass is 10.2. The minimum Gasteiger partial charge on any atom is -0.496 e. The van der Waals surface area contributed by atoms with Crippen LogP contribution in [0.15, 0.2) is 111 Å². The first kappa shape index (κ1) is 24.1. The summed E-state index contributed by atoms with van der Waals surface area (Å²) in [4.78, 5) is 18.2. The Balaban J connectivity index is 1.39. The smallest absolute Gasteiger partial charge is 0.282 e. The van der Waals surface area contributed by atoms with E-state index < -0.39 is 0 Å². The summed E-state index contributed by atoms with van der Waals surface area (Å²) in [6.45, 7) is 0.0843. The van der Waals surface area contributed by atoms with Gasteiger partial charge in [0.15, 0.2) is 5.76 Å². The molecule has 0 aliphatic rings. The van der Waals surface area contributed by atoms with E-state index >= 15 is 0 Å². The normalized spacial score (nSPS) is 11.4. The first-order valence-corrected chi connectivity index (χ1v) is 12.2. The maximum atomic E-state index is 14.0. The molecule has 0 aliphatic carbocycles. The maximum Gasteiger partial charge on any atom is 0.282 e. The topological polar surface area (TPSA) is 78.9 Å². The maximum absolute atomic E-state index is 14.0. The molecule has 0 fully saturated rings. The number of aromatic nitrogens is 2. The molecule has 0 spiro atoms.